The average molecular weight is 321 g/mol. The van der Waals surface area contributed by atoms with Crippen LogP contribution < -0.4 is 0 Å². The van der Waals surface area contributed by atoms with E-state index in [1.807, 2.05) is 49.4 Å². The smallest absolute Gasteiger partial charge is 0.333 e. The molecular formula is C19H19N3O2. The van der Waals surface area contributed by atoms with Crippen LogP contribution in [0.3, 0.4) is 0 Å². The van der Waals surface area contributed by atoms with Gasteiger partial charge in [-0.1, -0.05) is 30.8 Å². The Labute approximate surface area is 140 Å². The number of nitrogens with zero attached hydrogens (tertiary/aromatic N) is 3. The second-order valence-electron chi connectivity index (χ2n) is 5.77. The first-order chi connectivity index (χ1) is 11.5. The lowest BCUT2D eigenvalue weighted by Crippen LogP contribution is -2.09. The third-order valence-corrected chi connectivity index (χ3v) is 3.75. The van der Waals surface area contributed by atoms with E-state index in [0.717, 1.165) is 27.8 Å². The number of esters is 1. The van der Waals surface area contributed by atoms with Gasteiger partial charge in [0.1, 0.15) is 11.0 Å². The van der Waals surface area contributed by atoms with Crippen LogP contribution in [0, 0.1) is 6.92 Å². The normalized spacial score (nSPS) is 10.8. The summed E-state index contributed by atoms with van der Waals surface area (Å²) in [4.78, 5) is 13.1. The highest BCUT2D eigenvalue weighted by molar-refractivity contribution is 5.86. The topological polar surface area (TPSA) is 57.0 Å². The molecule has 1 aromatic heterocycles. The number of aryl methyl sites for hydroxylation is 1. The summed E-state index contributed by atoms with van der Waals surface area (Å²) >= 11 is 0. The van der Waals surface area contributed by atoms with E-state index in [0.29, 0.717) is 18.6 Å². The maximum absolute atomic E-state index is 11.4. The first-order valence-electron chi connectivity index (χ1n) is 7.79. The predicted octanol–water partition coefficient (Wildman–Crippen LogP) is 3.39. The molecule has 0 bridgehead atoms. The molecule has 3 aromatic rings. The highest BCUT2D eigenvalue weighted by Gasteiger charge is 2.09. The Kier molecular flexibility index (Phi) is 4.42. The molecule has 3 rings (SSSR count). The van der Waals surface area contributed by atoms with E-state index < -0.39 is 0 Å². The number of carbonyl (C=O) groups excluding carboxylic acids is 1. The van der Waals surface area contributed by atoms with E-state index >= 15 is 0 Å². The van der Waals surface area contributed by atoms with Crippen LogP contribution in [-0.4, -0.2) is 27.6 Å². The van der Waals surface area contributed by atoms with Gasteiger partial charge in [0.2, 0.25) is 0 Å². The molecule has 1 heterocycles. The van der Waals surface area contributed by atoms with Crippen LogP contribution in [0.4, 0.5) is 0 Å². The lowest BCUT2D eigenvalue weighted by atomic mass is 10.1. The maximum atomic E-state index is 11.4. The van der Waals surface area contributed by atoms with Gasteiger partial charge in [0.15, 0.2) is 0 Å². The van der Waals surface area contributed by atoms with Crippen LogP contribution in [0.1, 0.15) is 18.1 Å². The Morgan fingerprint density at radius 3 is 2.46 bits per heavy atom. The van der Waals surface area contributed by atoms with Crippen molar-refractivity contribution in [3.05, 3.63) is 65.7 Å². The lowest BCUT2D eigenvalue weighted by Gasteiger charge is -2.08. The molecule has 122 valence electrons. The molecule has 0 saturated carbocycles. The summed E-state index contributed by atoms with van der Waals surface area (Å²) in [7, 11) is 0. The van der Waals surface area contributed by atoms with E-state index in [1.165, 1.54) is 0 Å². The van der Waals surface area contributed by atoms with Crippen molar-refractivity contribution in [3.63, 3.8) is 0 Å². The molecule has 0 spiro atoms. The number of rotatable bonds is 5. The maximum Gasteiger partial charge on any atom is 0.333 e. The van der Waals surface area contributed by atoms with E-state index in [-0.39, 0.29) is 5.97 Å². The molecule has 0 aliphatic rings. The Hall–Kier alpha value is -2.95. The Morgan fingerprint density at radius 2 is 1.83 bits per heavy atom. The van der Waals surface area contributed by atoms with E-state index in [2.05, 4.69) is 16.8 Å². The van der Waals surface area contributed by atoms with Crippen molar-refractivity contribution in [1.82, 2.24) is 15.0 Å². The molecule has 24 heavy (non-hydrogen) atoms. The number of ether oxygens (including phenoxy) is 1. The number of carbonyl (C=O) groups is 1. The molecular weight excluding hydrogens is 302 g/mol. The van der Waals surface area contributed by atoms with Crippen LogP contribution in [0.25, 0.3) is 16.7 Å². The number of fused-ring (bicyclic) bond motifs is 1. The molecule has 0 amide bonds. The molecule has 0 aliphatic heterocycles. The summed E-state index contributed by atoms with van der Waals surface area (Å²) < 4.78 is 5.15. The van der Waals surface area contributed by atoms with Gasteiger partial charge >= 0.3 is 5.97 Å². The molecule has 0 saturated heterocycles. The summed E-state index contributed by atoms with van der Waals surface area (Å²) in [5.41, 5.74) is 5.20. The number of hydrogen-bond donors (Lipinski definition) is 0. The summed E-state index contributed by atoms with van der Waals surface area (Å²) in [5, 5.41) is 9.05. The zero-order valence-corrected chi connectivity index (χ0v) is 13.8. The second-order valence-corrected chi connectivity index (χ2v) is 5.77. The van der Waals surface area contributed by atoms with Crippen molar-refractivity contribution < 1.29 is 9.53 Å². The van der Waals surface area contributed by atoms with Crippen molar-refractivity contribution in [2.45, 2.75) is 20.3 Å². The van der Waals surface area contributed by atoms with E-state index in [9.17, 15) is 4.79 Å². The Balaban J connectivity index is 1.81. The van der Waals surface area contributed by atoms with Crippen molar-refractivity contribution in [2.24, 2.45) is 0 Å². The Morgan fingerprint density at radius 1 is 1.17 bits per heavy atom. The van der Waals surface area contributed by atoms with Gasteiger partial charge in [-0.05, 0) is 43.2 Å². The van der Waals surface area contributed by atoms with E-state index in [4.69, 9.17) is 4.74 Å². The fourth-order valence-corrected chi connectivity index (χ4v) is 2.38. The van der Waals surface area contributed by atoms with Gasteiger partial charge < -0.3 is 4.74 Å². The zero-order chi connectivity index (χ0) is 17.1. The molecule has 0 N–H and O–H groups in total. The molecule has 0 radical (unpaired) electrons. The largest absolute Gasteiger partial charge is 0.462 e. The van der Waals surface area contributed by atoms with Crippen molar-refractivity contribution in [2.75, 3.05) is 6.61 Å². The fraction of sp³-hybridized carbons (Fsp3) is 0.211. The number of hydrogen-bond acceptors (Lipinski definition) is 4. The summed E-state index contributed by atoms with van der Waals surface area (Å²) in [6.45, 7) is 7.56. The summed E-state index contributed by atoms with van der Waals surface area (Å²) in [6.07, 6.45) is 0.632. The SMILES string of the molecule is C=C(C)C(=O)OCCc1ccc(C)c(-n2nc3ccccc3n2)c1. The highest BCUT2D eigenvalue weighted by Crippen LogP contribution is 2.18. The molecule has 0 atom stereocenters. The molecule has 2 aromatic carbocycles. The first-order valence-corrected chi connectivity index (χ1v) is 7.79. The van der Waals surface area contributed by atoms with Gasteiger partial charge in [-0.2, -0.15) is 4.80 Å². The van der Waals surface area contributed by atoms with Gasteiger partial charge in [0, 0.05) is 12.0 Å². The van der Waals surface area contributed by atoms with Crippen LogP contribution in [0.5, 0.6) is 0 Å². The fourth-order valence-electron chi connectivity index (χ4n) is 2.38. The minimum Gasteiger partial charge on any atom is -0.462 e. The zero-order valence-electron chi connectivity index (χ0n) is 13.8. The number of benzene rings is 2. The quantitative estimate of drug-likeness (QED) is 0.534. The lowest BCUT2D eigenvalue weighted by molar-refractivity contribution is -0.138. The standard InChI is InChI=1S/C19H19N3O2/c1-13(2)19(23)24-11-10-15-9-8-14(3)18(12-15)22-20-16-6-4-5-7-17(16)21-22/h4-9,12H,1,10-11H2,2-3H3. The van der Waals surface area contributed by atoms with Crippen molar-refractivity contribution in [3.8, 4) is 5.69 Å². The summed E-state index contributed by atoms with van der Waals surface area (Å²) in [5.74, 6) is -0.359. The van der Waals surface area contributed by atoms with Crippen LogP contribution in [0.15, 0.2) is 54.6 Å². The van der Waals surface area contributed by atoms with Gasteiger partial charge in [-0.3, -0.25) is 0 Å². The molecule has 0 unspecified atom stereocenters. The molecule has 5 nitrogen and oxygen atoms in total. The van der Waals surface area contributed by atoms with Crippen LogP contribution >= 0.6 is 0 Å². The van der Waals surface area contributed by atoms with Crippen LogP contribution in [0.2, 0.25) is 0 Å². The van der Waals surface area contributed by atoms with Gasteiger partial charge in [0.25, 0.3) is 0 Å². The molecule has 0 aliphatic carbocycles. The van der Waals surface area contributed by atoms with Gasteiger partial charge in [0.05, 0.1) is 12.3 Å². The first kappa shape index (κ1) is 15.9. The summed E-state index contributed by atoms with van der Waals surface area (Å²) in [6, 6.07) is 13.9. The van der Waals surface area contributed by atoms with Gasteiger partial charge in [-0.15, -0.1) is 10.2 Å². The highest BCUT2D eigenvalue weighted by atomic mass is 16.5. The van der Waals surface area contributed by atoms with E-state index in [1.54, 1.807) is 11.7 Å². The van der Waals surface area contributed by atoms with Crippen molar-refractivity contribution >= 4 is 17.0 Å². The predicted molar refractivity (Wildman–Crippen MR) is 93.1 cm³/mol. The monoisotopic (exact) mass is 321 g/mol. The minimum atomic E-state index is -0.359. The minimum absolute atomic E-state index is 0.322. The van der Waals surface area contributed by atoms with Crippen molar-refractivity contribution in [1.29, 1.82) is 0 Å². The average Bonchev–Trinajstić information content (AvgIpc) is 3.00. The number of aromatic nitrogens is 3. The second kappa shape index (κ2) is 6.66. The molecule has 0 fully saturated rings. The molecule has 5 heteroatoms. The third kappa shape index (κ3) is 3.35. The van der Waals surface area contributed by atoms with Crippen LogP contribution in [-0.2, 0) is 16.0 Å². The Bertz CT molecular complexity index is 879. The van der Waals surface area contributed by atoms with Gasteiger partial charge in [-0.25, -0.2) is 4.79 Å². The third-order valence-electron chi connectivity index (χ3n) is 3.75.